The molecule has 0 saturated carbocycles. The van der Waals surface area contributed by atoms with Gasteiger partial charge in [0, 0.05) is 18.8 Å². The molecule has 1 aromatic carbocycles. The van der Waals surface area contributed by atoms with Crippen molar-refractivity contribution < 1.29 is 4.74 Å². The number of hydrogen-bond donors (Lipinski definition) is 0. The van der Waals surface area contributed by atoms with Crippen LogP contribution in [-0.2, 0) is 0 Å². The van der Waals surface area contributed by atoms with Gasteiger partial charge in [0.1, 0.15) is 5.75 Å². The Hall–Kier alpha value is -0.700. The highest BCUT2D eigenvalue weighted by molar-refractivity contribution is 9.10. The smallest absolute Gasteiger partial charge is 0.133 e. The van der Waals surface area contributed by atoms with E-state index in [4.69, 9.17) is 4.74 Å². The molecule has 0 fully saturated rings. The van der Waals surface area contributed by atoms with E-state index < -0.39 is 0 Å². The SMILES string of the molecule is CCN(CC)c1ccc(OC)c(Br)c1. The van der Waals surface area contributed by atoms with Crippen molar-refractivity contribution in [2.24, 2.45) is 0 Å². The van der Waals surface area contributed by atoms with Crippen LogP contribution < -0.4 is 9.64 Å². The fraction of sp³-hybridized carbons (Fsp3) is 0.455. The molecule has 0 unspecified atom stereocenters. The van der Waals surface area contributed by atoms with Gasteiger partial charge in [0.2, 0.25) is 0 Å². The van der Waals surface area contributed by atoms with Crippen LogP contribution in [0.15, 0.2) is 22.7 Å². The van der Waals surface area contributed by atoms with Crippen LogP contribution in [0, 0.1) is 0 Å². The van der Waals surface area contributed by atoms with Crippen LogP contribution in [0.1, 0.15) is 13.8 Å². The first-order valence-electron chi connectivity index (χ1n) is 4.81. The second-order valence-corrected chi connectivity index (χ2v) is 3.85. The van der Waals surface area contributed by atoms with Crippen LogP contribution in [0.2, 0.25) is 0 Å². The molecule has 0 aliphatic carbocycles. The maximum atomic E-state index is 5.18. The van der Waals surface area contributed by atoms with Gasteiger partial charge in [-0.25, -0.2) is 0 Å². The van der Waals surface area contributed by atoms with Crippen molar-refractivity contribution in [1.82, 2.24) is 0 Å². The first-order chi connectivity index (χ1) is 6.72. The summed E-state index contributed by atoms with van der Waals surface area (Å²) in [5.74, 6) is 0.876. The van der Waals surface area contributed by atoms with Crippen LogP contribution in [-0.4, -0.2) is 20.2 Å². The molecule has 1 rings (SSSR count). The number of rotatable bonds is 4. The second kappa shape index (κ2) is 5.25. The number of benzene rings is 1. The van der Waals surface area contributed by atoms with E-state index in [1.807, 2.05) is 6.07 Å². The molecule has 2 nitrogen and oxygen atoms in total. The van der Waals surface area contributed by atoms with Gasteiger partial charge in [-0.15, -0.1) is 0 Å². The Bertz CT molecular complexity index is 297. The number of nitrogens with zero attached hydrogens (tertiary/aromatic N) is 1. The zero-order valence-electron chi connectivity index (χ0n) is 8.88. The number of anilines is 1. The Kier molecular flexibility index (Phi) is 4.26. The van der Waals surface area contributed by atoms with Crippen molar-refractivity contribution in [3.8, 4) is 5.75 Å². The molecule has 0 heterocycles. The third-order valence-electron chi connectivity index (χ3n) is 2.26. The van der Waals surface area contributed by atoms with Crippen molar-refractivity contribution in [3.05, 3.63) is 22.7 Å². The van der Waals surface area contributed by atoms with E-state index in [1.54, 1.807) is 7.11 Å². The van der Waals surface area contributed by atoms with E-state index in [0.29, 0.717) is 0 Å². The summed E-state index contributed by atoms with van der Waals surface area (Å²) in [4.78, 5) is 2.30. The summed E-state index contributed by atoms with van der Waals surface area (Å²) in [6.45, 7) is 6.35. The topological polar surface area (TPSA) is 12.5 Å². The van der Waals surface area contributed by atoms with Gasteiger partial charge >= 0.3 is 0 Å². The maximum Gasteiger partial charge on any atom is 0.133 e. The van der Waals surface area contributed by atoms with Crippen molar-refractivity contribution >= 4 is 21.6 Å². The normalized spacial score (nSPS) is 10.0. The van der Waals surface area contributed by atoms with E-state index in [2.05, 4.69) is 46.8 Å². The molecule has 1 aromatic rings. The van der Waals surface area contributed by atoms with Crippen LogP contribution >= 0.6 is 15.9 Å². The van der Waals surface area contributed by atoms with Crippen molar-refractivity contribution in [2.75, 3.05) is 25.1 Å². The number of hydrogen-bond acceptors (Lipinski definition) is 2. The predicted octanol–water partition coefficient (Wildman–Crippen LogP) is 3.30. The highest BCUT2D eigenvalue weighted by Gasteiger charge is 2.05. The minimum atomic E-state index is 0.876. The monoisotopic (exact) mass is 257 g/mol. The maximum absolute atomic E-state index is 5.18. The highest BCUT2D eigenvalue weighted by Crippen LogP contribution is 2.29. The molecule has 0 bridgehead atoms. The Morgan fingerprint density at radius 3 is 2.36 bits per heavy atom. The van der Waals surface area contributed by atoms with Gasteiger partial charge in [0.15, 0.2) is 0 Å². The fourth-order valence-corrected chi connectivity index (χ4v) is 1.97. The lowest BCUT2D eigenvalue weighted by Crippen LogP contribution is -2.21. The summed E-state index contributed by atoms with van der Waals surface area (Å²) in [6.07, 6.45) is 0. The van der Waals surface area contributed by atoms with Crippen LogP contribution in [0.25, 0.3) is 0 Å². The van der Waals surface area contributed by atoms with E-state index in [-0.39, 0.29) is 0 Å². The predicted molar refractivity (Wildman–Crippen MR) is 64.3 cm³/mol. The van der Waals surface area contributed by atoms with Gasteiger partial charge in [0.25, 0.3) is 0 Å². The van der Waals surface area contributed by atoms with Crippen molar-refractivity contribution in [3.63, 3.8) is 0 Å². The van der Waals surface area contributed by atoms with E-state index in [0.717, 1.165) is 23.3 Å². The molecule has 0 saturated heterocycles. The molecule has 0 amide bonds. The minimum Gasteiger partial charge on any atom is -0.496 e. The lowest BCUT2D eigenvalue weighted by Gasteiger charge is -2.21. The number of halogens is 1. The molecule has 78 valence electrons. The molecular formula is C11H16BrNO. The molecule has 0 aliphatic heterocycles. The Labute approximate surface area is 94.0 Å². The first-order valence-corrected chi connectivity index (χ1v) is 5.60. The Balaban J connectivity index is 2.95. The second-order valence-electron chi connectivity index (χ2n) is 2.99. The summed E-state index contributed by atoms with van der Waals surface area (Å²) in [5.41, 5.74) is 1.22. The molecule has 0 atom stereocenters. The van der Waals surface area contributed by atoms with Gasteiger partial charge in [0.05, 0.1) is 11.6 Å². The van der Waals surface area contributed by atoms with E-state index >= 15 is 0 Å². The zero-order valence-corrected chi connectivity index (χ0v) is 10.5. The van der Waals surface area contributed by atoms with E-state index in [1.165, 1.54) is 5.69 Å². The summed E-state index contributed by atoms with van der Waals surface area (Å²) in [6, 6.07) is 6.15. The zero-order chi connectivity index (χ0) is 10.6. The first kappa shape index (κ1) is 11.4. The Morgan fingerprint density at radius 1 is 1.29 bits per heavy atom. The third kappa shape index (κ3) is 2.41. The van der Waals surface area contributed by atoms with Crippen LogP contribution in [0.3, 0.4) is 0 Å². The molecule has 14 heavy (non-hydrogen) atoms. The highest BCUT2D eigenvalue weighted by atomic mass is 79.9. The molecule has 0 radical (unpaired) electrons. The average molecular weight is 258 g/mol. The van der Waals surface area contributed by atoms with Crippen molar-refractivity contribution in [2.45, 2.75) is 13.8 Å². The lowest BCUT2D eigenvalue weighted by atomic mass is 10.2. The van der Waals surface area contributed by atoms with Crippen molar-refractivity contribution in [1.29, 1.82) is 0 Å². The van der Waals surface area contributed by atoms with Crippen LogP contribution in [0.4, 0.5) is 5.69 Å². The third-order valence-corrected chi connectivity index (χ3v) is 2.88. The molecule has 0 N–H and O–H groups in total. The standard InChI is InChI=1S/C11H16BrNO/c1-4-13(5-2)9-6-7-11(14-3)10(12)8-9/h6-8H,4-5H2,1-3H3. The fourth-order valence-electron chi connectivity index (χ4n) is 1.44. The largest absolute Gasteiger partial charge is 0.496 e. The van der Waals surface area contributed by atoms with E-state index in [9.17, 15) is 0 Å². The molecule has 0 aromatic heterocycles. The van der Waals surface area contributed by atoms with Crippen LogP contribution in [0.5, 0.6) is 5.75 Å². The number of ether oxygens (including phenoxy) is 1. The van der Waals surface area contributed by atoms with Gasteiger partial charge in [-0.05, 0) is 48.0 Å². The number of methoxy groups -OCH3 is 1. The van der Waals surface area contributed by atoms with Gasteiger partial charge in [-0.2, -0.15) is 0 Å². The molecule has 0 spiro atoms. The van der Waals surface area contributed by atoms with Gasteiger partial charge in [-0.1, -0.05) is 0 Å². The lowest BCUT2D eigenvalue weighted by molar-refractivity contribution is 0.412. The minimum absolute atomic E-state index is 0.876. The molecular weight excluding hydrogens is 242 g/mol. The summed E-state index contributed by atoms with van der Waals surface area (Å²) in [7, 11) is 1.68. The van der Waals surface area contributed by atoms with Gasteiger partial charge < -0.3 is 9.64 Å². The summed E-state index contributed by atoms with van der Waals surface area (Å²) in [5, 5.41) is 0. The summed E-state index contributed by atoms with van der Waals surface area (Å²) < 4.78 is 6.19. The average Bonchev–Trinajstić information content (AvgIpc) is 2.20. The molecule has 0 aliphatic rings. The summed E-state index contributed by atoms with van der Waals surface area (Å²) >= 11 is 3.48. The quantitative estimate of drug-likeness (QED) is 0.821. The Morgan fingerprint density at radius 2 is 1.93 bits per heavy atom. The van der Waals surface area contributed by atoms with Gasteiger partial charge in [-0.3, -0.25) is 0 Å². The molecule has 3 heteroatoms.